The largest absolute Gasteiger partial charge is 0.298 e. The van der Waals surface area contributed by atoms with E-state index in [2.05, 4.69) is 29.8 Å². The van der Waals surface area contributed by atoms with Crippen LogP contribution in [0, 0.1) is 46.8 Å². The van der Waals surface area contributed by atoms with E-state index in [9.17, 15) is 4.79 Å². The number of carbonyl (C=O) groups is 1. The van der Waals surface area contributed by atoms with Crippen molar-refractivity contribution in [2.24, 2.45) is 46.8 Å². The Balaban J connectivity index is 1.55. The van der Waals surface area contributed by atoms with Gasteiger partial charge in [-0.25, -0.2) is 0 Å². The Morgan fingerprint density at radius 2 is 1.78 bits per heavy atom. The third-order valence-electron chi connectivity index (χ3n) is 8.74. The highest BCUT2D eigenvalue weighted by atomic mass is 79.9. The molecule has 0 heterocycles. The average Bonchev–Trinajstić information content (AvgIpc) is 2.90. The average molecular weight is 381 g/mol. The van der Waals surface area contributed by atoms with Crippen LogP contribution in [0.5, 0.6) is 0 Å². The lowest BCUT2D eigenvalue weighted by atomic mass is 9.49. The molecule has 0 N–H and O–H groups in total. The third-order valence-corrected chi connectivity index (χ3v) is 9.29. The van der Waals surface area contributed by atoms with E-state index in [4.69, 9.17) is 0 Å². The van der Waals surface area contributed by atoms with Crippen molar-refractivity contribution in [3.63, 3.8) is 0 Å². The molecule has 0 bridgehead atoms. The fraction of sp³-hybridized carbons (Fsp3) is 0.952. The number of halogens is 1. The molecule has 4 saturated carbocycles. The van der Waals surface area contributed by atoms with Crippen molar-refractivity contribution in [3.8, 4) is 0 Å². The Kier molecular flexibility index (Phi) is 4.44. The first-order valence-electron chi connectivity index (χ1n) is 10.1. The zero-order chi connectivity index (χ0) is 16.2. The molecule has 4 rings (SSSR count). The minimum absolute atomic E-state index is 0.320. The molecule has 0 radical (unpaired) electrons. The predicted octanol–water partition coefficient (Wildman–Crippen LogP) is 5.86. The highest BCUT2D eigenvalue weighted by Gasteiger charge is 2.57. The summed E-state index contributed by atoms with van der Waals surface area (Å²) in [5.41, 5.74) is 0.320. The molecule has 0 spiro atoms. The van der Waals surface area contributed by atoms with Gasteiger partial charge in [0.15, 0.2) is 0 Å². The fourth-order valence-electron chi connectivity index (χ4n) is 7.71. The molecule has 4 aliphatic carbocycles. The lowest BCUT2D eigenvalue weighted by molar-refractivity contribution is -0.127. The van der Waals surface area contributed by atoms with Gasteiger partial charge >= 0.3 is 0 Å². The van der Waals surface area contributed by atoms with E-state index < -0.39 is 0 Å². The van der Waals surface area contributed by atoms with Crippen molar-refractivity contribution in [3.05, 3.63) is 0 Å². The molecule has 0 saturated heterocycles. The molecule has 2 heteroatoms. The zero-order valence-electron chi connectivity index (χ0n) is 14.9. The number of hydrogen-bond acceptors (Lipinski definition) is 1. The first-order chi connectivity index (χ1) is 11.0. The highest BCUT2D eigenvalue weighted by Crippen LogP contribution is 2.64. The molecule has 3 unspecified atom stereocenters. The van der Waals surface area contributed by atoms with Gasteiger partial charge in [-0.3, -0.25) is 4.79 Å². The van der Waals surface area contributed by atoms with Gasteiger partial charge in [-0.1, -0.05) is 36.2 Å². The van der Waals surface area contributed by atoms with Crippen LogP contribution in [0.4, 0.5) is 0 Å². The second-order valence-electron chi connectivity index (χ2n) is 9.63. The van der Waals surface area contributed by atoms with Crippen molar-refractivity contribution in [2.75, 3.05) is 5.33 Å². The van der Waals surface area contributed by atoms with Gasteiger partial charge in [0.2, 0.25) is 0 Å². The summed E-state index contributed by atoms with van der Waals surface area (Å²) in [6, 6.07) is 0. The van der Waals surface area contributed by atoms with Gasteiger partial charge in [0, 0.05) is 5.92 Å². The Labute approximate surface area is 150 Å². The van der Waals surface area contributed by atoms with Crippen LogP contribution in [0.3, 0.4) is 0 Å². The molecule has 23 heavy (non-hydrogen) atoms. The van der Waals surface area contributed by atoms with Crippen LogP contribution in [0.1, 0.15) is 71.6 Å². The fourth-order valence-corrected chi connectivity index (χ4v) is 8.10. The number of Topliss-reactive ketones (excluding diaryl/α,β-unsaturated/α-hetero) is 1. The number of fused-ring (bicyclic) bond motifs is 5. The summed E-state index contributed by atoms with van der Waals surface area (Å²) >= 11 is 3.44. The standard InChI is InChI=1S/C21H33BrO/c1-13-3-5-15-14(11-13)4-6-17-16(15)9-10-21(2)18(17)7-8-19(21)20(23)12-22/h13-19H,3-12H2,1-2H3/t13-,14+,15-,16?,17?,18?,19+,21-/m0/s1. The lowest BCUT2D eigenvalue weighted by Crippen LogP contribution is -2.49. The first kappa shape index (κ1) is 16.6. The van der Waals surface area contributed by atoms with Gasteiger partial charge in [0.25, 0.3) is 0 Å². The maximum absolute atomic E-state index is 12.5. The smallest absolute Gasteiger partial charge is 0.147 e. The van der Waals surface area contributed by atoms with Crippen LogP contribution in [-0.2, 0) is 4.79 Å². The van der Waals surface area contributed by atoms with E-state index in [0.717, 1.165) is 35.5 Å². The Bertz CT molecular complexity index is 474. The maximum Gasteiger partial charge on any atom is 0.147 e. The third kappa shape index (κ3) is 2.57. The minimum atomic E-state index is 0.320. The van der Waals surface area contributed by atoms with Gasteiger partial charge < -0.3 is 0 Å². The summed E-state index contributed by atoms with van der Waals surface area (Å²) in [6.07, 6.45) is 12.7. The number of ketones is 1. The van der Waals surface area contributed by atoms with E-state index in [1.165, 1.54) is 57.8 Å². The maximum atomic E-state index is 12.5. The molecule has 4 fully saturated rings. The number of hydrogen-bond donors (Lipinski definition) is 0. The van der Waals surface area contributed by atoms with Gasteiger partial charge in [0.1, 0.15) is 5.78 Å². The second kappa shape index (κ2) is 6.15. The van der Waals surface area contributed by atoms with E-state index in [0.29, 0.717) is 22.4 Å². The van der Waals surface area contributed by atoms with Crippen molar-refractivity contribution in [1.82, 2.24) is 0 Å². The van der Waals surface area contributed by atoms with Crippen molar-refractivity contribution >= 4 is 21.7 Å². The molecule has 0 aliphatic heterocycles. The quantitative estimate of drug-likeness (QED) is 0.548. The summed E-state index contributed by atoms with van der Waals surface area (Å²) in [5, 5.41) is 0.566. The topological polar surface area (TPSA) is 17.1 Å². The molecule has 0 aromatic rings. The first-order valence-corrected chi connectivity index (χ1v) is 11.3. The van der Waals surface area contributed by atoms with Gasteiger partial charge in [0.05, 0.1) is 5.33 Å². The molecule has 1 nitrogen and oxygen atoms in total. The molecule has 0 aromatic carbocycles. The minimum Gasteiger partial charge on any atom is -0.298 e. The van der Waals surface area contributed by atoms with Gasteiger partial charge in [-0.2, -0.15) is 0 Å². The van der Waals surface area contributed by atoms with Gasteiger partial charge in [-0.15, -0.1) is 0 Å². The molecule has 8 atom stereocenters. The molecule has 0 aromatic heterocycles. The summed E-state index contributed by atoms with van der Waals surface area (Å²) < 4.78 is 0. The summed E-state index contributed by atoms with van der Waals surface area (Å²) in [7, 11) is 0. The van der Waals surface area contributed by atoms with E-state index in [1.54, 1.807) is 0 Å². The summed E-state index contributed by atoms with van der Waals surface area (Å²) in [5.74, 6) is 6.63. The van der Waals surface area contributed by atoms with E-state index in [1.807, 2.05) is 0 Å². The van der Waals surface area contributed by atoms with Crippen LogP contribution >= 0.6 is 15.9 Å². The van der Waals surface area contributed by atoms with Crippen molar-refractivity contribution in [2.45, 2.75) is 71.6 Å². The molecular formula is C21H33BrO. The van der Waals surface area contributed by atoms with E-state index in [-0.39, 0.29) is 0 Å². The summed E-state index contributed by atoms with van der Waals surface area (Å²) in [4.78, 5) is 12.5. The second-order valence-corrected chi connectivity index (χ2v) is 10.2. The SMILES string of the molecule is C[C@H]1CC[C@@H]2C3CC[C@@]4(C)C(CC[C@@H]4C(=O)CBr)C3CC[C@@H]2C1. The van der Waals surface area contributed by atoms with Crippen LogP contribution in [0.15, 0.2) is 0 Å². The molecular weight excluding hydrogens is 348 g/mol. The molecule has 4 aliphatic rings. The number of rotatable bonds is 2. The Morgan fingerprint density at radius 1 is 1.00 bits per heavy atom. The Hall–Kier alpha value is 0.150. The van der Waals surface area contributed by atoms with Crippen molar-refractivity contribution < 1.29 is 4.79 Å². The van der Waals surface area contributed by atoms with Crippen LogP contribution in [0.25, 0.3) is 0 Å². The highest BCUT2D eigenvalue weighted by molar-refractivity contribution is 9.09. The van der Waals surface area contributed by atoms with Gasteiger partial charge in [-0.05, 0) is 92.3 Å². The number of carbonyl (C=O) groups excluding carboxylic acids is 1. The van der Waals surface area contributed by atoms with Crippen LogP contribution in [-0.4, -0.2) is 11.1 Å². The number of alkyl halides is 1. The molecule has 0 amide bonds. The lowest BCUT2D eigenvalue weighted by Gasteiger charge is -2.56. The normalized spacial score (nSPS) is 52.4. The van der Waals surface area contributed by atoms with E-state index >= 15 is 0 Å². The molecule has 130 valence electrons. The Morgan fingerprint density at radius 3 is 2.57 bits per heavy atom. The van der Waals surface area contributed by atoms with Crippen molar-refractivity contribution in [1.29, 1.82) is 0 Å². The summed E-state index contributed by atoms with van der Waals surface area (Å²) in [6.45, 7) is 4.94. The zero-order valence-corrected chi connectivity index (χ0v) is 16.5. The van der Waals surface area contributed by atoms with Crippen LogP contribution in [0.2, 0.25) is 0 Å². The predicted molar refractivity (Wildman–Crippen MR) is 98.6 cm³/mol. The monoisotopic (exact) mass is 380 g/mol. The van der Waals surface area contributed by atoms with Crippen LogP contribution < -0.4 is 0 Å².